The normalized spacial score (nSPS) is 20.0. The summed E-state index contributed by atoms with van der Waals surface area (Å²) in [6.07, 6.45) is 5.59. The van der Waals surface area contributed by atoms with Crippen molar-refractivity contribution in [1.29, 1.82) is 0 Å². The van der Waals surface area contributed by atoms with Gasteiger partial charge < -0.3 is 14.2 Å². The molecule has 4 rings (SSSR count). The van der Waals surface area contributed by atoms with Crippen LogP contribution in [0, 0.1) is 11.8 Å². The highest BCUT2D eigenvalue weighted by Gasteiger charge is 2.30. The number of nitrogens with zero attached hydrogens (tertiary/aromatic N) is 3. The minimum absolute atomic E-state index is 0.460. The molecule has 0 saturated heterocycles. The molecule has 1 aliphatic carbocycles. The second-order valence-corrected chi connectivity index (χ2v) is 8.59. The van der Waals surface area contributed by atoms with Crippen LogP contribution in [0.5, 0.6) is 5.75 Å². The number of alkyl halides is 1. The van der Waals surface area contributed by atoms with E-state index in [1.165, 1.54) is 31.2 Å². The second-order valence-electron chi connectivity index (χ2n) is 8.59. The average Bonchev–Trinajstić information content (AvgIpc) is 3.25. The van der Waals surface area contributed by atoms with Gasteiger partial charge in [-0.1, -0.05) is 35.5 Å². The zero-order valence-electron chi connectivity index (χ0n) is 18.2. The lowest BCUT2D eigenvalue weighted by atomic mass is 9.75. The van der Waals surface area contributed by atoms with Crippen molar-refractivity contribution in [2.24, 2.45) is 11.8 Å². The summed E-state index contributed by atoms with van der Waals surface area (Å²) in [5.74, 6) is 2.97. The molecule has 1 fully saturated rings. The Bertz CT molecular complexity index is 935. The molecule has 0 aliphatic heterocycles. The Morgan fingerprint density at radius 3 is 2.39 bits per heavy atom. The van der Waals surface area contributed by atoms with E-state index in [0.717, 1.165) is 12.0 Å². The maximum Gasteiger partial charge on any atom is 0.228 e. The molecule has 0 bridgehead atoms. The van der Waals surface area contributed by atoms with E-state index in [1.54, 1.807) is 12.1 Å². The molecule has 164 valence electrons. The van der Waals surface area contributed by atoms with Crippen molar-refractivity contribution in [3.8, 4) is 17.1 Å². The third-order valence-corrected chi connectivity index (χ3v) is 6.30. The van der Waals surface area contributed by atoms with Crippen molar-refractivity contribution in [2.75, 3.05) is 21.0 Å². The Balaban J connectivity index is 1.34. The Morgan fingerprint density at radius 1 is 1.03 bits per heavy atom. The summed E-state index contributed by atoms with van der Waals surface area (Å²) in [6.45, 7) is -0.839. The van der Waals surface area contributed by atoms with Gasteiger partial charge in [-0.25, -0.2) is 4.39 Å². The fraction of sp³-hybridized carbons (Fsp3) is 0.440. The van der Waals surface area contributed by atoms with E-state index in [4.69, 9.17) is 9.26 Å². The van der Waals surface area contributed by atoms with Crippen LogP contribution in [0.25, 0.3) is 11.4 Å². The molecule has 0 radical (unpaired) electrons. The van der Waals surface area contributed by atoms with Crippen molar-refractivity contribution in [3.05, 3.63) is 66.1 Å². The zero-order chi connectivity index (χ0) is 21.6. The standard InChI is InChI=1S/C25H30FN3O2/c1-29(2)24(19-6-4-3-5-7-19)20-10-8-18(9-11-20)16-23-27-25(28-31-23)21-12-14-22(15-13-21)30-17-26/h3-7,12-15,18,20,24H,8-11,16-17H2,1-2H3. The van der Waals surface area contributed by atoms with Crippen molar-refractivity contribution in [2.45, 2.75) is 38.1 Å². The molecule has 0 spiro atoms. The summed E-state index contributed by atoms with van der Waals surface area (Å²) in [7, 11) is 4.36. The van der Waals surface area contributed by atoms with E-state index >= 15 is 0 Å². The van der Waals surface area contributed by atoms with Crippen molar-refractivity contribution in [1.82, 2.24) is 15.0 Å². The van der Waals surface area contributed by atoms with Crippen LogP contribution in [-0.2, 0) is 6.42 Å². The van der Waals surface area contributed by atoms with Crippen LogP contribution < -0.4 is 4.74 Å². The Morgan fingerprint density at radius 2 is 1.74 bits per heavy atom. The maximum absolute atomic E-state index is 12.3. The Labute approximate surface area is 183 Å². The number of hydrogen-bond acceptors (Lipinski definition) is 5. The average molecular weight is 424 g/mol. The summed E-state index contributed by atoms with van der Waals surface area (Å²) < 4.78 is 22.6. The number of aromatic nitrogens is 2. The van der Waals surface area contributed by atoms with Gasteiger partial charge in [0, 0.05) is 18.0 Å². The van der Waals surface area contributed by atoms with Crippen LogP contribution in [0.3, 0.4) is 0 Å². The molecular formula is C25H30FN3O2. The summed E-state index contributed by atoms with van der Waals surface area (Å²) in [5, 5.41) is 4.13. The number of halogens is 1. The molecule has 2 aromatic carbocycles. The molecule has 0 amide bonds. The van der Waals surface area contributed by atoms with Gasteiger partial charge in [0.15, 0.2) is 0 Å². The lowest BCUT2D eigenvalue weighted by Gasteiger charge is -2.37. The monoisotopic (exact) mass is 423 g/mol. The number of rotatable bonds is 8. The first kappa shape index (κ1) is 21.5. The fourth-order valence-electron chi connectivity index (χ4n) is 4.82. The first-order valence-electron chi connectivity index (χ1n) is 11.0. The highest BCUT2D eigenvalue weighted by molar-refractivity contribution is 5.55. The molecule has 1 aromatic heterocycles. The van der Waals surface area contributed by atoms with Gasteiger partial charge >= 0.3 is 0 Å². The molecule has 1 atom stereocenters. The predicted octanol–water partition coefficient (Wildman–Crippen LogP) is 5.69. The van der Waals surface area contributed by atoms with Gasteiger partial charge in [-0.2, -0.15) is 4.98 Å². The summed E-state index contributed by atoms with van der Waals surface area (Å²) >= 11 is 0. The Kier molecular flexibility index (Phi) is 6.97. The van der Waals surface area contributed by atoms with Gasteiger partial charge in [-0.3, -0.25) is 0 Å². The quantitative estimate of drug-likeness (QED) is 0.466. The first-order chi connectivity index (χ1) is 15.1. The summed E-state index contributed by atoms with van der Waals surface area (Å²) in [5.41, 5.74) is 2.24. The van der Waals surface area contributed by atoms with Crippen molar-refractivity contribution >= 4 is 0 Å². The van der Waals surface area contributed by atoms with E-state index in [1.807, 2.05) is 12.1 Å². The van der Waals surface area contributed by atoms with Crippen LogP contribution in [0.1, 0.15) is 43.2 Å². The molecule has 1 unspecified atom stereocenters. The van der Waals surface area contributed by atoms with Gasteiger partial charge in [0.05, 0.1) is 0 Å². The molecule has 0 N–H and O–H groups in total. The van der Waals surface area contributed by atoms with Crippen molar-refractivity contribution in [3.63, 3.8) is 0 Å². The molecule has 31 heavy (non-hydrogen) atoms. The van der Waals surface area contributed by atoms with Gasteiger partial charge in [0.2, 0.25) is 18.6 Å². The molecular weight excluding hydrogens is 393 g/mol. The van der Waals surface area contributed by atoms with E-state index in [-0.39, 0.29) is 0 Å². The Hall–Kier alpha value is -2.73. The number of hydrogen-bond donors (Lipinski definition) is 0. The zero-order valence-corrected chi connectivity index (χ0v) is 18.2. The van der Waals surface area contributed by atoms with E-state index < -0.39 is 6.86 Å². The number of benzene rings is 2. The van der Waals surface area contributed by atoms with Crippen LogP contribution in [-0.4, -0.2) is 36.0 Å². The highest BCUT2D eigenvalue weighted by atomic mass is 19.1. The summed E-state index contributed by atoms with van der Waals surface area (Å²) in [4.78, 5) is 6.93. The van der Waals surface area contributed by atoms with Crippen LogP contribution >= 0.6 is 0 Å². The van der Waals surface area contributed by atoms with Crippen LogP contribution in [0.15, 0.2) is 59.1 Å². The fourth-order valence-corrected chi connectivity index (χ4v) is 4.82. The second kappa shape index (κ2) is 10.1. The van der Waals surface area contributed by atoms with Crippen LogP contribution in [0.4, 0.5) is 4.39 Å². The molecule has 3 aromatic rings. The largest absolute Gasteiger partial charge is 0.463 e. The summed E-state index contributed by atoms with van der Waals surface area (Å²) in [6, 6.07) is 18.3. The van der Waals surface area contributed by atoms with E-state index in [2.05, 4.69) is 59.5 Å². The topological polar surface area (TPSA) is 51.4 Å². The van der Waals surface area contributed by atoms with E-state index in [9.17, 15) is 4.39 Å². The SMILES string of the molecule is CN(C)C(c1ccccc1)C1CCC(Cc2nc(-c3ccc(OCF)cc3)no2)CC1. The van der Waals surface area contributed by atoms with Crippen LogP contribution in [0.2, 0.25) is 0 Å². The third kappa shape index (κ3) is 5.31. The van der Waals surface area contributed by atoms with Crippen molar-refractivity contribution < 1.29 is 13.7 Å². The van der Waals surface area contributed by atoms with Gasteiger partial charge in [0.25, 0.3) is 0 Å². The highest BCUT2D eigenvalue weighted by Crippen LogP contribution is 2.40. The van der Waals surface area contributed by atoms with E-state index in [0.29, 0.717) is 35.3 Å². The smallest absolute Gasteiger partial charge is 0.228 e. The lowest BCUT2D eigenvalue weighted by Crippen LogP contribution is -2.30. The predicted molar refractivity (Wildman–Crippen MR) is 118 cm³/mol. The third-order valence-electron chi connectivity index (χ3n) is 6.30. The molecule has 1 saturated carbocycles. The van der Waals surface area contributed by atoms with Gasteiger partial charge in [-0.05, 0) is 81.4 Å². The van der Waals surface area contributed by atoms with Gasteiger partial charge in [0.1, 0.15) is 5.75 Å². The number of ether oxygens (including phenoxy) is 1. The van der Waals surface area contributed by atoms with Gasteiger partial charge in [-0.15, -0.1) is 0 Å². The first-order valence-corrected chi connectivity index (χ1v) is 11.0. The minimum atomic E-state index is -0.839. The maximum atomic E-state index is 12.3. The molecule has 6 heteroatoms. The lowest BCUT2D eigenvalue weighted by molar-refractivity contribution is 0.146. The molecule has 1 aliphatic rings. The molecule has 5 nitrogen and oxygen atoms in total. The molecule has 1 heterocycles. The minimum Gasteiger partial charge on any atom is -0.463 e.